The molecule has 0 fully saturated rings. The Morgan fingerprint density at radius 3 is 2.58 bits per heavy atom. The average molecular weight is 317 g/mol. The first-order valence-electron chi connectivity index (χ1n) is 5.23. The molecule has 1 amide bonds. The summed E-state index contributed by atoms with van der Waals surface area (Å²) in [5, 5.41) is 13.1. The molecule has 0 heterocycles. The van der Waals surface area contributed by atoms with Crippen LogP contribution < -0.4 is 5.32 Å². The maximum absolute atomic E-state index is 12.0. The van der Waals surface area contributed by atoms with E-state index < -0.39 is 5.91 Å². The predicted molar refractivity (Wildman–Crippen MR) is 77.5 cm³/mol. The standard InChI is InChI=1S/C13H8Cl3NO2/c14-7-4-5-11(18)8(6-7)13(19)17-10-3-1-2-9(15)12(10)16/h1-6,18H,(H,17,19). The van der Waals surface area contributed by atoms with Crippen molar-refractivity contribution < 1.29 is 9.90 Å². The second-order valence-electron chi connectivity index (χ2n) is 3.72. The lowest BCUT2D eigenvalue weighted by atomic mass is 10.2. The van der Waals surface area contributed by atoms with Crippen LogP contribution in [-0.2, 0) is 0 Å². The Labute approximate surface area is 124 Å². The fourth-order valence-electron chi connectivity index (χ4n) is 1.48. The Morgan fingerprint density at radius 1 is 1.11 bits per heavy atom. The highest BCUT2D eigenvalue weighted by Crippen LogP contribution is 2.30. The topological polar surface area (TPSA) is 49.3 Å². The van der Waals surface area contributed by atoms with E-state index in [2.05, 4.69) is 5.32 Å². The van der Waals surface area contributed by atoms with Gasteiger partial charge in [0.2, 0.25) is 0 Å². The van der Waals surface area contributed by atoms with Crippen molar-refractivity contribution in [1.29, 1.82) is 0 Å². The molecule has 2 N–H and O–H groups in total. The molecule has 2 aromatic rings. The second kappa shape index (κ2) is 5.70. The molecule has 0 atom stereocenters. The molecule has 0 radical (unpaired) electrons. The summed E-state index contributed by atoms with van der Waals surface area (Å²) in [4.78, 5) is 12.0. The summed E-state index contributed by atoms with van der Waals surface area (Å²) in [5.74, 6) is -0.691. The first-order chi connectivity index (χ1) is 8.99. The van der Waals surface area contributed by atoms with Gasteiger partial charge in [-0.1, -0.05) is 40.9 Å². The fraction of sp³-hybridized carbons (Fsp3) is 0. The van der Waals surface area contributed by atoms with Gasteiger partial charge in [0, 0.05) is 5.02 Å². The molecular formula is C13H8Cl3NO2. The minimum atomic E-state index is -0.524. The van der Waals surface area contributed by atoms with E-state index in [4.69, 9.17) is 34.8 Å². The van der Waals surface area contributed by atoms with Crippen molar-refractivity contribution in [3.05, 3.63) is 57.0 Å². The van der Waals surface area contributed by atoms with Crippen LogP contribution in [-0.4, -0.2) is 11.0 Å². The van der Waals surface area contributed by atoms with Gasteiger partial charge in [0.15, 0.2) is 0 Å². The number of nitrogens with one attached hydrogen (secondary N) is 1. The van der Waals surface area contributed by atoms with E-state index in [1.54, 1.807) is 18.2 Å². The smallest absolute Gasteiger partial charge is 0.259 e. The number of amides is 1. The van der Waals surface area contributed by atoms with E-state index in [-0.39, 0.29) is 16.3 Å². The van der Waals surface area contributed by atoms with Crippen LogP contribution in [0.25, 0.3) is 0 Å². The Kier molecular flexibility index (Phi) is 4.20. The summed E-state index contributed by atoms with van der Waals surface area (Å²) in [6.07, 6.45) is 0. The van der Waals surface area contributed by atoms with E-state index in [0.717, 1.165) is 0 Å². The SMILES string of the molecule is O=C(Nc1cccc(Cl)c1Cl)c1cc(Cl)ccc1O. The lowest BCUT2D eigenvalue weighted by Crippen LogP contribution is -2.12. The molecule has 2 rings (SSSR count). The first-order valence-corrected chi connectivity index (χ1v) is 6.36. The maximum atomic E-state index is 12.0. The zero-order valence-electron chi connectivity index (χ0n) is 9.45. The van der Waals surface area contributed by atoms with Crippen molar-refractivity contribution in [3.8, 4) is 5.75 Å². The van der Waals surface area contributed by atoms with E-state index in [1.165, 1.54) is 18.2 Å². The highest BCUT2D eigenvalue weighted by atomic mass is 35.5. The molecular weight excluding hydrogens is 309 g/mol. The number of phenols is 1. The predicted octanol–water partition coefficient (Wildman–Crippen LogP) is 4.60. The molecule has 0 aliphatic heterocycles. The van der Waals surface area contributed by atoms with E-state index >= 15 is 0 Å². The summed E-state index contributed by atoms with van der Waals surface area (Å²) in [5.41, 5.74) is 0.419. The minimum Gasteiger partial charge on any atom is -0.507 e. The molecule has 0 spiro atoms. The number of carbonyl (C=O) groups is 1. The van der Waals surface area contributed by atoms with Gasteiger partial charge >= 0.3 is 0 Å². The van der Waals surface area contributed by atoms with Crippen LogP contribution in [0.4, 0.5) is 5.69 Å². The van der Waals surface area contributed by atoms with Gasteiger partial charge in [-0.05, 0) is 30.3 Å². The van der Waals surface area contributed by atoms with Gasteiger partial charge in [0.25, 0.3) is 5.91 Å². The normalized spacial score (nSPS) is 10.3. The zero-order chi connectivity index (χ0) is 14.0. The van der Waals surface area contributed by atoms with Gasteiger partial charge < -0.3 is 10.4 Å². The van der Waals surface area contributed by atoms with Crippen LogP contribution in [0.1, 0.15) is 10.4 Å². The van der Waals surface area contributed by atoms with Crippen LogP contribution in [0.2, 0.25) is 15.1 Å². The quantitative estimate of drug-likeness (QED) is 0.850. The van der Waals surface area contributed by atoms with E-state index in [0.29, 0.717) is 15.7 Å². The molecule has 0 bridgehead atoms. The van der Waals surface area contributed by atoms with Crippen LogP contribution in [0, 0.1) is 0 Å². The van der Waals surface area contributed by atoms with Crippen LogP contribution >= 0.6 is 34.8 Å². The summed E-state index contributed by atoms with van der Waals surface area (Å²) in [6.45, 7) is 0. The van der Waals surface area contributed by atoms with Gasteiger partial charge in [-0.3, -0.25) is 4.79 Å². The number of carbonyl (C=O) groups excluding carboxylic acids is 1. The number of benzene rings is 2. The number of rotatable bonds is 2. The molecule has 0 saturated heterocycles. The van der Waals surface area contributed by atoms with E-state index in [1.807, 2.05) is 0 Å². The monoisotopic (exact) mass is 315 g/mol. The number of aromatic hydroxyl groups is 1. The number of halogens is 3. The molecule has 0 saturated carbocycles. The molecule has 0 aliphatic rings. The summed E-state index contributed by atoms with van der Waals surface area (Å²) < 4.78 is 0. The third kappa shape index (κ3) is 3.13. The molecule has 6 heteroatoms. The number of hydrogen-bond donors (Lipinski definition) is 2. The largest absolute Gasteiger partial charge is 0.507 e. The van der Waals surface area contributed by atoms with Crippen molar-refractivity contribution in [2.45, 2.75) is 0 Å². The Balaban J connectivity index is 2.31. The van der Waals surface area contributed by atoms with Gasteiger partial charge in [-0.2, -0.15) is 0 Å². The van der Waals surface area contributed by atoms with Gasteiger partial charge in [0.1, 0.15) is 5.75 Å². The van der Waals surface area contributed by atoms with Gasteiger partial charge in [-0.25, -0.2) is 0 Å². The van der Waals surface area contributed by atoms with E-state index in [9.17, 15) is 9.90 Å². The lowest BCUT2D eigenvalue weighted by Gasteiger charge is -2.09. The molecule has 3 nitrogen and oxygen atoms in total. The van der Waals surface area contributed by atoms with Gasteiger partial charge in [-0.15, -0.1) is 0 Å². The second-order valence-corrected chi connectivity index (χ2v) is 4.94. The van der Waals surface area contributed by atoms with Crippen LogP contribution in [0.3, 0.4) is 0 Å². The lowest BCUT2D eigenvalue weighted by molar-refractivity contribution is 0.102. The van der Waals surface area contributed by atoms with Crippen LogP contribution in [0.15, 0.2) is 36.4 Å². The molecule has 19 heavy (non-hydrogen) atoms. The van der Waals surface area contributed by atoms with Crippen LogP contribution in [0.5, 0.6) is 5.75 Å². The van der Waals surface area contributed by atoms with Crippen molar-refractivity contribution in [3.63, 3.8) is 0 Å². The summed E-state index contributed by atoms with van der Waals surface area (Å²) in [7, 11) is 0. The highest BCUT2D eigenvalue weighted by Gasteiger charge is 2.14. The zero-order valence-corrected chi connectivity index (χ0v) is 11.7. The fourth-order valence-corrected chi connectivity index (χ4v) is 2.00. The minimum absolute atomic E-state index is 0.0588. The van der Waals surface area contributed by atoms with Crippen molar-refractivity contribution in [2.24, 2.45) is 0 Å². The molecule has 98 valence electrons. The molecule has 0 unspecified atom stereocenters. The summed E-state index contributed by atoms with van der Waals surface area (Å²) >= 11 is 17.6. The molecule has 0 aromatic heterocycles. The third-order valence-corrected chi connectivity index (χ3v) is 3.46. The number of anilines is 1. The van der Waals surface area contributed by atoms with Crippen molar-refractivity contribution in [1.82, 2.24) is 0 Å². The van der Waals surface area contributed by atoms with Crippen molar-refractivity contribution in [2.75, 3.05) is 5.32 Å². The molecule has 0 aliphatic carbocycles. The Morgan fingerprint density at radius 2 is 1.84 bits per heavy atom. The third-order valence-electron chi connectivity index (χ3n) is 2.40. The number of phenolic OH excluding ortho intramolecular Hbond substituents is 1. The Hall–Kier alpha value is -1.42. The summed E-state index contributed by atoms with van der Waals surface area (Å²) in [6, 6.07) is 9.06. The molecule has 2 aromatic carbocycles. The average Bonchev–Trinajstić information content (AvgIpc) is 2.38. The number of hydrogen-bond acceptors (Lipinski definition) is 2. The first kappa shape index (κ1) is 14.0. The Bertz CT molecular complexity index is 644. The maximum Gasteiger partial charge on any atom is 0.259 e. The van der Waals surface area contributed by atoms with Gasteiger partial charge in [0.05, 0.1) is 21.3 Å². The van der Waals surface area contributed by atoms with Crippen molar-refractivity contribution >= 4 is 46.4 Å². The highest BCUT2D eigenvalue weighted by molar-refractivity contribution is 6.44.